The molecule has 0 aromatic heterocycles. The molecule has 2 aromatic rings. The van der Waals surface area contributed by atoms with Crippen LogP contribution in [0.5, 0.6) is 5.75 Å². The molecule has 0 saturated heterocycles. The van der Waals surface area contributed by atoms with E-state index in [-0.39, 0.29) is 17.6 Å². The standard InChI is InChI=1S/C19H22N2O4S/c1-14-3-9-18(10-4-14)25-11-15(2)20-19(22)13-26-12-16-5-7-17(8-6-16)21(23)24/h3-10,15H,11-13H2,1-2H3,(H,20,22). The predicted molar refractivity (Wildman–Crippen MR) is 104 cm³/mol. The van der Waals surface area contributed by atoms with Gasteiger partial charge in [-0.15, -0.1) is 11.8 Å². The van der Waals surface area contributed by atoms with Crippen LogP contribution in [0.1, 0.15) is 18.1 Å². The fourth-order valence-electron chi connectivity index (χ4n) is 2.19. The van der Waals surface area contributed by atoms with Crippen LogP contribution >= 0.6 is 11.8 Å². The molecule has 1 atom stereocenters. The van der Waals surface area contributed by atoms with Gasteiger partial charge in [-0.1, -0.05) is 29.8 Å². The lowest BCUT2D eigenvalue weighted by Gasteiger charge is -2.15. The maximum Gasteiger partial charge on any atom is 0.269 e. The van der Waals surface area contributed by atoms with Crippen LogP contribution in [0.4, 0.5) is 5.69 Å². The maximum absolute atomic E-state index is 12.0. The van der Waals surface area contributed by atoms with Gasteiger partial charge in [0, 0.05) is 17.9 Å². The average Bonchev–Trinajstić information content (AvgIpc) is 2.61. The lowest BCUT2D eigenvalue weighted by Crippen LogP contribution is -2.37. The van der Waals surface area contributed by atoms with E-state index in [9.17, 15) is 14.9 Å². The van der Waals surface area contributed by atoms with Gasteiger partial charge in [0.05, 0.1) is 16.7 Å². The van der Waals surface area contributed by atoms with Crippen molar-refractivity contribution in [1.29, 1.82) is 0 Å². The SMILES string of the molecule is Cc1ccc(OCC(C)NC(=O)CSCc2ccc([N+](=O)[O-])cc2)cc1. The summed E-state index contributed by atoms with van der Waals surface area (Å²) in [5.74, 6) is 1.67. The first-order chi connectivity index (χ1) is 12.4. The number of benzene rings is 2. The third-order valence-corrected chi connectivity index (χ3v) is 4.58. The van der Waals surface area contributed by atoms with Gasteiger partial charge in [0.15, 0.2) is 0 Å². The molecular formula is C19H22N2O4S. The van der Waals surface area contributed by atoms with E-state index in [1.54, 1.807) is 12.1 Å². The highest BCUT2D eigenvalue weighted by atomic mass is 32.2. The third kappa shape index (κ3) is 6.76. The van der Waals surface area contributed by atoms with Crippen molar-refractivity contribution in [2.24, 2.45) is 0 Å². The highest BCUT2D eigenvalue weighted by molar-refractivity contribution is 7.99. The van der Waals surface area contributed by atoms with Crippen LogP contribution in [0.3, 0.4) is 0 Å². The van der Waals surface area contributed by atoms with Crippen LogP contribution < -0.4 is 10.1 Å². The summed E-state index contributed by atoms with van der Waals surface area (Å²) in [7, 11) is 0. The average molecular weight is 374 g/mol. The Morgan fingerprint density at radius 1 is 1.19 bits per heavy atom. The molecule has 0 aliphatic rings. The Balaban J connectivity index is 1.66. The van der Waals surface area contributed by atoms with E-state index < -0.39 is 4.92 Å². The van der Waals surface area contributed by atoms with Gasteiger partial charge in [-0.2, -0.15) is 0 Å². The maximum atomic E-state index is 12.0. The largest absolute Gasteiger partial charge is 0.491 e. The number of nitrogens with one attached hydrogen (secondary N) is 1. The number of ether oxygens (including phenoxy) is 1. The number of amides is 1. The smallest absolute Gasteiger partial charge is 0.269 e. The molecule has 0 radical (unpaired) electrons. The number of hydrogen-bond acceptors (Lipinski definition) is 5. The fourth-order valence-corrected chi connectivity index (χ4v) is 2.99. The number of carbonyl (C=O) groups is 1. The van der Waals surface area contributed by atoms with Crippen LogP contribution in [0, 0.1) is 17.0 Å². The van der Waals surface area contributed by atoms with Crippen molar-refractivity contribution in [1.82, 2.24) is 5.32 Å². The normalized spacial score (nSPS) is 11.6. The molecule has 1 amide bonds. The molecule has 6 nitrogen and oxygen atoms in total. The number of rotatable bonds is 9. The molecule has 2 aromatic carbocycles. The molecule has 1 unspecified atom stereocenters. The summed E-state index contributed by atoms with van der Waals surface area (Å²) in [5, 5.41) is 13.5. The minimum absolute atomic E-state index is 0.0584. The van der Waals surface area contributed by atoms with Gasteiger partial charge in [-0.25, -0.2) is 0 Å². The first-order valence-corrected chi connectivity index (χ1v) is 9.39. The van der Waals surface area contributed by atoms with Crippen molar-refractivity contribution in [2.75, 3.05) is 12.4 Å². The molecule has 7 heteroatoms. The van der Waals surface area contributed by atoms with E-state index in [0.717, 1.165) is 11.3 Å². The number of nitro benzene ring substituents is 1. The number of nitrogens with zero attached hydrogens (tertiary/aromatic N) is 1. The lowest BCUT2D eigenvalue weighted by atomic mass is 10.2. The molecular weight excluding hydrogens is 352 g/mol. The van der Waals surface area contributed by atoms with Crippen molar-refractivity contribution in [3.05, 3.63) is 69.8 Å². The molecule has 1 N–H and O–H groups in total. The Hall–Kier alpha value is -2.54. The Morgan fingerprint density at radius 2 is 1.85 bits per heavy atom. The molecule has 0 spiro atoms. The van der Waals surface area contributed by atoms with Crippen molar-refractivity contribution < 1.29 is 14.5 Å². The first kappa shape index (κ1) is 19.8. The summed E-state index contributed by atoms with van der Waals surface area (Å²) in [6.45, 7) is 4.32. The second-order valence-electron chi connectivity index (χ2n) is 6.01. The van der Waals surface area contributed by atoms with E-state index >= 15 is 0 Å². The summed E-state index contributed by atoms with van der Waals surface area (Å²) in [6, 6.07) is 14.0. The molecule has 0 aliphatic carbocycles. The highest BCUT2D eigenvalue weighted by Gasteiger charge is 2.09. The summed E-state index contributed by atoms with van der Waals surface area (Å²) in [5.41, 5.74) is 2.19. The summed E-state index contributed by atoms with van der Waals surface area (Å²) >= 11 is 1.46. The zero-order chi connectivity index (χ0) is 18.9. The first-order valence-electron chi connectivity index (χ1n) is 8.24. The topological polar surface area (TPSA) is 81.5 Å². The fraction of sp³-hybridized carbons (Fsp3) is 0.316. The van der Waals surface area contributed by atoms with E-state index in [0.29, 0.717) is 18.1 Å². The second kappa shape index (κ2) is 9.82. The number of nitro groups is 1. The van der Waals surface area contributed by atoms with Gasteiger partial charge >= 0.3 is 0 Å². The molecule has 138 valence electrons. The van der Waals surface area contributed by atoms with E-state index in [1.807, 2.05) is 38.1 Å². The highest BCUT2D eigenvalue weighted by Crippen LogP contribution is 2.16. The number of carbonyl (C=O) groups excluding carboxylic acids is 1. The number of aryl methyl sites for hydroxylation is 1. The van der Waals surface area contributed by atoms with E-state index in [2.05, 4.69) is 5.32 Å². The molecule has 2 rings (SSSR count). The Morgan fingerprint density at radius 3 is 2.46 bits per heavy atom. The summed E-state index contributed by atoms with van der Waals surface area (Å²) in [6.07, 6.45) is 0. The number of thioether (sulfide) groups is 1. The monoisotopic (exact) mass is 374 g/mol. The van der Waals surface area contributed by atoms with Gasteiger partial charge < -0.3 is 10.1 Å². The molecule has 0 bridgehead atoms. The molecule has 0 saturated carbocycles. The predicted octanol–water partition coefficient (Wildman–Crippen LogP) is 3.72. The van der Waals surface area contributed by atoms with Crippen LogP contribution in [0.15, 0.2) is 48.5 Å². The van der Waals surface area contributed by atoms with Crippen LogP contribution in [-0.2, 0) is 10.5 Å². The molecule has 0 aliphatic heterocycles. The van der Waals surface area contributed by atoms with Gasteiger partial charge in [-0.05, 0) is 31.5 Å². The molecule has 0 heterocycles. The zero-order valence-corrected chi connectivity index (χ0v) is 15.6. The van der Waals surface area contributed by atoms with Crippen LogP contribution in [0.25, 0.3) is 0 Å². The number of non-ortho nitro benzene ring substituents is 1. The second-order valence-corrected chi connectivity index (χ2v) is 6.99. The minimum atomic E-state index is -0.426. The van der Waals surface area contributed by atoms with Crippen molar-refractivity contribution in [3.63, 3.8) is 0 Å². The minimum Gasteiger partial charge on any atom is -0.491 e. The Bertz CT molecular complexity index is 732. The Kier molecular flexibility index (Phi) is 7.47. The third-order valence-electron chi connectivity index (χ3n) is 3.58. The molecule has 26 heavy (non-hydrogen) atoms. The zero-order valence-electron chi connectivity index (χ0n) is 14.8. The Labute approximate surface area is 157 Å². The van der Waals surface area contributed by atoms with Gasteiger partial charge in [-0.3, -0.25) is 14.9 Å². The van der Waals surface area contributed by atoms with Crippen molar-refractivity contribution >= 4 is 23.4 Å². The van der Waals surface area contributed by atoms with E-state index in [1.165, 1.54) is 29.5 Å². The van der Waals surface area contributed by atoms with E-state index in [4.69, 9.17) is 4.74 Å². The van der Waals surface area contributed by atoms with Crippen molar-refractivity contribution in [3.8, 4) is 5.75 Å². The lowest BCUT2D eigenvalue weighted by molar-refractivity contribution is -0.384. The van der Waals surface area contributed by atoms with Crippen LogP contribution in [0.2, 0.25) is 0 Å². The quantitative estimate of drug-likeness (QED) is 0.534. The van der Waals surface area contributed by atoms with Gasteiger partial charge in [0.2, 0.25) is 5.91 Å². The summed E-state index contributed by atoms with van der Waals surface area (Å²) in [4.78, 5) is 22.2. The van der Waals surface area contributed by atoms with Gasteiger partial charge in [0.25, 0.3) is 5.69 Å². The van der Waals surface area contributed by atoms with Crippen molar-refractivity contribution in [2.45, 2.75) is 25.6 Å². The summed E-state index contributed by atoms with van der Waals surface area (Å²) < 4.78 is 5.65. The number of hydrogen-bond donors (Lipinski definition) is 1. The molecule has 0 fully saturated rings. The van der Waals surface area contributed by atoms with Gasteiger partial charge in [0.1, 0.15) is 12.4 Å². The van der Waals surface area contributed by atoms with Crippen LogP contribution in [-0.4, -0.2) is 29.2 Å².